The molecule has 1 fully saturated rings. The van der Waals surface area contributed by atoms with Crippen molar-refractivity contribution < 1.29 is 9.47 Å². The van der Waals surface area contributed by atoms with Gasteiger partial charge in [-0.25, -0.2) is 0 Å². The Morgan fingerprint density at radius 3 is 3.15 bits per heavy atom. The van der Waals surface area contributed by atoms with Crippen molar-refractivity contribution in [2.45, 2.75) is 32.4 Å². The van der Waals surface area contributed by atoms with Crippen LogP contribution in [0, 0.1) is 0 Å². The molecule has 0 bridgehead atoms. The van der Waals surface area contributed by atoms with Crippen molar-refractivity contribution in [1.29, 1.82) is 0 Å². The number of benzene rings is 1. The van der Waals surface area contributed by atoms with Crippen LogP contribution in [0.5, 0.6) is 11.5 Å². The number of likely N-dealkylation sites (N-methyl/N-ethyl adjacent to an activating group) is 1. The third kappa shape index (κ3) is 2.95. The predicted octanol–water partition coefficient (Wildman–Crippen LogP) is 2.75. The second kappa shape index (κ2) is 6.33. The molecule has 1 aromatic rings. The molecular weight excluding hydrogens is 320 g/mol. The van der Waals surface area contributed by atoms with Gasteiger partial charge in [-0.05, 0) is 59.6 Å². The van der Waals surface area contributed by atoms with Crippen LogP contribution in [0.2, 0.25) is 0 Å². The number of fused-ring (bicyclic) bond motifs is 1. The van der Waals surface area contributed by atoms with Gasteiger partial charge in [0.05, 0.1) is 4.47 Å². The van der Waals surface area contributed by atoms with Crippen molar-refractivity contribution in [3.63, 3.8) is 0 Å². The highest BCUT2D eigenvalue weighted by Gasteiger charge is 2.22. The molecule has 2 heterocycles. The highest BCUT2D eigenvalue weighted by molar-refractivity contribution is 9.10. The first-order valence-electron chi connectivity index (χ1n) is 7.30. The van der Waals surface area contributed by atoms with Crippen molar-refractivity contribution in [3.05, 3.63) is 22.2 Å². The van der Waals surface area contributed by atoms with Crippen LogP contribution in [-0.2, 0) is 6.54 Å². The van der Waals surface area contributed by atoms with Crippen LogP contribution in [0.25, 0.3) is 0 Å². The minimum atomic E-state index is 0.318. The standard InChI is InChI=1S/C15H21BrN2O2/c1-2-18-5-3-4-12(18)9-17-8-11-6-13(16)15-14(7-11)19-10-20-15/h6-7,12,17H,2-5,8-10H2,1H3. The Morgan fingerprint density at radius 2 is 2.30 bits per heavy atom. The number of nitrogens with zero attached hydrogens (tertiary/aromatic N) is 1. The average Bonchev–Trinajstić information content (AvgIpc) is 3.07. The van der Waals surface area contributed by atoms with Gasteiger partial charge in [0.25, 0.3) is 0 Å². The number of rotatable bonds is 5. The van der Waals surface area contributed by atoms with E-state index < -0.39 is 0 Å². The Balaban J connectivity index is 1.55. The summed E-state index contributed by atoms with van der Waals surface area (Å²) in [6.45, 7) is 6.88. The van der Waals surface area contributed by atoms with Crippen molar-refractivity contribution in [3.8, 4) is 11.5 Å². The Bertz CT molecular complexity index is 481. The lowest BCUT2D eigenvalue weighted by molar-refractivity contribution is 0.173. The number of hydrogen-bond donors (Lipinski definition) is 1. The molecule has 0 radical (unpaired) electrons. The van der Waals surface area contributed by atoms with Crippen LogP contribution in [-0.4, -0.2) is 37.4 Å². The smallest absolute Gasteiger partial charge is 0.231 e. The molecule has 1 saturated heterocycles. The van der Waals surface area contributed by atoms with E-state index in [0.29, 0.717) is 12.8 Å². The van der Waals surface area contributed by atoms with Gasteiger partial charge < -0.3 is 14.8 Å². The summed E-state index contributed by atoms with van der Waals surface area (Å²) in [4.78, 5) is 2.56. The largest absolute Gasteiger partial charge is 0.454 e. The van der Waals surface area contributed by atoms with E-state index in [1.54, 1.807) is 0 Å². The summed E-state index contributed by atoms with van der Waals surface area (Å²) in [5.74, 6) is 1.66. The lowest BCUT2D eigenvalue weighted by atomic mass is 10.2. The van der Waals surface area contributed by atoms with E-state index in [9.17, 15) is 0 Å². The zero-order valence-corrected chi connectivity index (χ0v) is 13.4. The van der Waals surface area contributed by atoms with E-state index in [4.69, 9.17) is 9.47 Å². The molecular formula is C15H21BrN2O2. The summed E-state index contributed by atoms with van der Waals surface area (Å²) in [5, 5.41) is 3.57. The number of likely N-dealkylation sites (tertiary alicyclic amines) is 1. The van der Waals surface area contributed by atoms with Gasteiger partial charge in [-0.2, -0.15) is 0 Å². The maximum Gasteiger partial charge on any atom is 0.231 e. The molecule has 0 spiro atoms. The van der Waals surface area contributed by atoms with Gasteiger partial charge in [-0.15, -0.1) is 0 Å². The SMILES string of the molecule is CCN1CCCC1CNCc1cc(Br)c2c(c1)OCO2. The first-order valence-corrected chi connectivity index (χ1v) is 8.10. The molecule has 20 heavy (non-hydrogen) atoms. The Labute approximate surface area is 128 Å². The summed E-state index contributed by atoms with van der Waals surface area (Å²) in [6.07, 6.45) is 2.64. The zero-order chi connectivity index (χ0) is 13.9. The molecule has 0 saturated carbocycles. The summed E-state index contributed by atoms with van der Waals surface area (Å²) in [6, 6.07) is 4.86. The molecule has 2 aliphatic rings. The van der Waals surface area contributed by atoms with E-state index in [0.717, 1.165) is 35.6 Å². The quantitative estimate of drug-likeness (QED) is 0.893. The maximum atomic E-state index is 5.45. The molecule has 3 rings (SSSR count). The average molecular weight is 341 g/mol. The minimum absolute atomic E-state index is 0.318. The van der Waals surface area contributed by atoms with Crippen molar-refractivity contribution >= 4 is 15.9 Å². The molecule has 0 aliphatic carbocycles. The van der Waals surface area contributed by atoms with Crippen molar-refractivity contribution in [1.82, 2.24) is 10.2 Å². The molecule has 110 valence electrons. The maximum absolute atomic E-state index is 5.45. The van der Waals surface area contributed by atoms with Crippen LogP contribution in [0.4, 0.5) is 0 Å². The molecule has 4 nitrogen and oxygen atoms in total. The van der Waals surface area contributed by atoms with Crippen molar-refractivity contribution in [2.75, 3.05) is 26.4 Å². The van der Waals surface area contributed by atoms with Crippen LogP contribution >= 0.6 is 15.9 Å². The lowest BCUT2D eigenvalue weighted by Crippen LogP contribution is -2.37. The summed E-state index contributed by atoms with van der Waals surface area (Å²) < 4.78 is 11.8. The van der Waals surface area contributed by atoms with Gasteiger partial charge in [-0.1, -0.05) is 6.92 Å². The van der Waals surface area contributed by atoms with Gasteiger partial charge in [0.1, 0.15) is 0 Å². The van der Waals surface area contributed by atoms with Crippen LogP contribution in [0.1, 0.15) is 25.3 Å². The second-order valence-electron chi connectivity index (χ2n) is 5.37. The summed E-state index contributed by atoms with van der Waals surface area (Å²) in [5.41, 5.74) is 1.22. The molecule has 5 heteroatoms. The van der Waals surface area contributed by atoms with Crippen LogP contribution in [0.3, 0.4) is 0 Å². The molecule has 1 atom stereocenters. The Kier molecular flexibility index (Phi) is 4.48. The molecule has 0 amide bonds. The number of halogens is 1. The van der Waals surface area contributed by atoms with Crippen LogP contribution < -0.4 is 14.8 Å². The molecule has 1 unspecified atom stereocenters. The van der Waals surface area contributed by atoms with Crippen molar-refractivity contribution in [2.24, 2.45) is 0 Å². The lowest BCUT2D eigenvalue weighted by Gasteiger charge is -2.23. The van der Waals surface area contributed by atoms with Gasteiger partial charge in [0, 0.05) is 19.1 Å². The molecule has 1 aromatic carbocycles. The van der Waals surface area contributed by atoms with E-state index in [2.05, 4.69) is 45.2 Å². The predicted molar refractivity (Wildman–Crippen MR) is 82.2 cm³/mol. The second-order valence-corrected chi connectivity index (χ2v) is 6.22. The number of ether oxygens (including phenoxy) is 2. The Hall–Kier alpha value is -0.780. The summed E-state index contributed by atoms with van der Waals surface area (Å²) >= 11 is 3.54. The van der Waals surface area contributed by atoms with Crippen LogP contribution in [0.15, 0.2) is 16.6 Å². The monoisotopic (exact) mass is 340 g/mol. The topological polar surface area (TPSA) is 33.7 Å². The minimum Gasteiger partial charge on any atom is -0.454 e. The molecule has 2 aliphatic heterocycles. The van der Waals surface area contributed by atoms with Gasteiger partial charge in [0.2, 0.25) is 6.79 Å². The number of nitrogens with one attached hydrogen (secondary N) is 1. The third-order valence-electron chi connectivity index (χ3n) is 4.10. The molecule has 1 N–H and O–H groups in total. The highest BCUT2D eigenvalue weighted by atomic mass is 79.9. The fraction of sp³-hybridized carbons (Fsp3) is 0.600. The van der Waals surface area contributed by atoms with Gasteiger partial charge >= 0.3 is 0 Å². The van der Waals surface area contributed by atoms with E-state index >= 15 is 0 Å². The third-order valence-corrected chi connectivity index (χ3v) is 4.69. The molecule has 0 aromatic heterocycles. The van der Waals surface area contributed by atoms with E-state index in [1.807, 2.05) is 0 Å². The highest BCUT2D eigenvalue weighted by Crippen LogP contribution is 2.39. The first kappa shape index (κ1) is 14.2. The van der Waals surface area contributed by atoms with Gasteiger partial charge in [0.15, 0.2) is 11.5 Å². The fourth-order valence-corrected chi connectivity index (χ4v) is 3.65. The fourth-order valence-electron chi connectivity index (χ4n) is 3.05. The number of hydrogen-bond acceptors (Lipinski definition) is 4. The van der Waals surface area contributed by atoms with Gasteiger partial charge in [-0.3, -0.25) is 4.90 Å². The van der Waals surface area contributed by atoms with E-state index in [1.165, 1.54) is 24.9 Å². The zero-order valence-electron chi connectivity index (χ0n) is 11.8. The first-order chi connectivity index (χ1) is 9.78. The normalized spacial score (nSPS) is 21.6. The Morgan fingerprint density at radius 1 is 1.40 bits per heavy atom. The van der Waals surface area contributed by atoms with E-state index in [-0.39, 0.29) is 0 Å². The summed E-state index contributed by atoms with van der Waals surface area (Å²) in [7, 11) is 0.